The molecule has 0 aromatic heterocycles. The average Bonchev–Trinajstić information content (AvgIpc) is 2.51. The van der Waals surface area contributed by atoms with Crippen molar-refractivity contribution < 1.29 is 23.2 Å². The average molecular weight is 357 g/mol. The van der Waals surface area contributed by atoms with Gasteiger partial charge in [-0.05, 0) is 46.2 Å². The molecule has 0 spiro atoms. The van der Waals surface area contributed by atoms with Gasteiger partial charge >= 0.3 is 5.97 Å². The Balaban J connectivity index is 3.39. The lowest BCUT2D eigenvalue weighted by atomic mass is 10.00. The first-order valence-corrected chi connectivity index (χ1v) is 8.87. The molecule has 1 aromatic rings. The van der Waals surface area contributed by atoms with E-state index in [9.17, 15) is 9.00 Å². The van der Waals surface area contributed by atoms with Crippen LogP contribution in [0.15, 0.2) is 12.1 Å². The normalized spacial score (nSPS) is 14.0. The summed E-state index contributed by atoms with van der Waals surface area (Å²) in [5, 5.41) is 0. The Bertz CT molecular complexity index is 610. The van der Waals surface area contributed by atoms with Crippen molar-refractivity contribution in [2.24, 2.45) is 0 Å². The predicted molar refractivity (Wildman–Crippen MR) is 94.7 cm³/mol. The van der Waals surface area contributed by atoms with E-state index in [4.69, 9.17) is 14.2 Å². The molecule has 1 rings (SSSR count). The maximum atomic E-state index is 12.5. The van der Waals surface area contributed by atoms with Crippen molar-refractivity contribution in [3.05, 3.63) is 23.3 Å². The van der Waals surface area contributed by atoms with Gasteiger partial charge in [0.2, 0.25) is 0 Å². The second-order valence-electron chi connectivity index (χ2n) is 6.24. The molecule has 1 aromatic carbocycles. The topological polar surface area (TPSA) is 73.9 Å². The number of esters is 1. The SMILES string of the molecule is CCOC(=O)[C@H](N[S@](=O)C(C)(C)C)c1c(C)cc(OC)cc1OC. The van der Waals surface area contributed by atoms with E-state index in [2.05, 4.69) is 4.72 Å². The molecule has 0 unspecified atom stereocenters. The van der Waals surface area contributed by atoms with E-state index in [1.165, 1.54) is 7.11 Å². The van der Waals surface area contributed by atoms with Crippen molar-refractivity contribution >= 4 is 17.0 Å². The van der Waals surface area contributed by atoms with Crippen LogP contribution in [0.1, 0.15) is 44.9 Å². The Morgan fingerprint density at radius 3 is 2.33 bits per heavy atom. The third kappa shape index (κ3) is 4.95. The molecule has 0 bridgehead atoms. The summed E-state index contributed by atoms with van der Waals surface area (Å²) in [4.78, 5) is 12.5. The van der Waals surface area contributed by atoms with E-state index >= 15 is 0 Å². The quantitative estimate of drug-likeness (QED) is 0.760. The van der Waals surface area contributed by atoms with Gasteiger partial charge in [0.15, 0.2) is 0 Å². The summed E-state index contributed by atoms with van der Waals surface area (Å²) >= 11 is 0. The lowest BCUT2D eigenvalue weighted by Crippen LogP contribution is -2.39. The Hall–Kier alpha value is -1.60. The van der Waals surface area contributed by atoms with Gasteiger partial charge in [0.1, 0.15) is 17.5 Å². The zero-order chi connectivity index (χ0) is 18.5. The number of ether oxygens (including phenoxy) is 3. The number of methoxy groups -OCH3 is 2. The number of nitrogens with one attached hydrogen (secondary N) is 1. The number of hydrogen-bond donors (Lipinski definition) is 1. The van der Waals surface area contributed by atoms with Gasteiger partial charge in [-0.1, -0.05) is 0 Å². The van der Waals surface area contributed by atoms with Gasteiger partial charge in [-0.3, -0.25) is 0 Å². The minimum Gasteiger partial charge on any atom is -0.497 e. The van der Waals surface area contributed by atoms with Crippen LogP contribution in [0.3, 0.4) is 0 Å². The van der Waals surface area contributed by atoms with Crippen LogP contribution in [-0.2, 0) is 20.5 Å². The maximum absolute atomic E-state index is 12.5. The van der Waals surface area contributed by atoms with E-state index in [0.717, 1.165) is 5.56 Å². The fraction of sp³-hybridized carbons (Fsp3) is 0.588. The Morgan fingerprint density at radius 2 is 1.88 bits per heavy atom. The van der Waals surface area contributed by atoms with E-state index in [0.29, 0.717) is 17.1 Å². The standard InChI is InChI=1S/C17H27NO5S/c1-8-23-16(19)15(18-24(20)17(3,4)5)14-11(2)9-12(21-6)10-13(14)22-7/h9-10,15,18H,8H2,1-7H3/t15-,24-/m1/s1. The molecule has 0 radical (unpaired) electrons. The van der Waals surface area contributed by atoms with Gasteiger partial charge in [-0.25, -0.2) is 13.7 Å². The van der Waals surface area contributed by atoms with Gasteiger partial charge in [0, 0.05) is 11.6 Å². The second-order valence-corrected chi connectivity index (χ2v) is 8.24. The van der Waals surface area contributed by atoms with Crippen molar-refractivity contribution in [1.82, 2.24) is 4.72 Å². The van der Waals surface area contributed by atoms with E-state index in [1.54, 1.807) is 26.2 Å². The fourth-order valence-corrected chi connectivity index (χ4v) is 2.91. The number of hydrogen-bond acceptors (Lipinski definition) is 5. The van der Waals surface area contributed by atoms with E-state index < -0.39 is 27.7 Å². The molecule has 6 nitrogen and oxygen atoms in total. The summed E-state index contributed by atoms with van der Waals surface area (Å²) in [5.41, 5.74) is 1.37. The molecular weight excluding hydrogens is 330 g/mol. The summed E-state index contributed by atoms with van der Waals surface area (Å²) in [6.45, 7) is 9.29. The molecule has 1 N–H and O–H groups in total. The molecule has 2 atom stereocenters. The molecule has 0 aliphatic heterocycles. The Labute approximate surface area is 146 Å². The van der Waals surface area contributed by atoms with Crippen LogP contribution in [0.5, 0.6) is 11.5 Å². The van der Waals surface area contributed by atoms with Gasteiger partial charge < -0.3 is 14.2 Å². The molecule has 0 fully saturated rings. The molecule has 0 saturated heterocycles. The van der Waals surface area contributed by atoms with Crippen LogP contribution >= 0.6 is 0 Å². The Morgan fingerprint density at radius 1 is 1.25 bits per heavy atom. The summed E-state index contributed by atoms with van der Waals surface area (Å²) in [6.07, 6.45) is 0. The fourth-order valence-electron chi connectivity index (χ4n) is 2.13. The number of carbonyl (C=O) groups excluding carboxylic acids is 1. The highest BCUT2D eigenvalue weighted by atomic mass is 32.2. The first-order chi connectivity index (χ1) is 11.1. The zero-order valence-electron chi connectivity index (χ0n) is 15.4. The highest BCUT2D eigenvalue weighted by molar-refractivity contribution is 7.84. The molecule has 0 aliphatic carbocycles. The Kier molecular flexibility index (Phi) is 7.23. The van der Waals surface area contributed by atoms with Gasteiger partial charge in [0.25, 0.3) is 0 Å². The first kappa shape index (κ1) is 20.4. The number of carbonyl (C=O) groups is 1. The minimum absolute atomic E-state index is 0.233. The lowest BCUT2D eigenvalue weighted by molar-refractivity contribution is -0.145. The molecular formula is C17H27NO5S. The molecule has 0 saturated carbocycles. The maximum Gasteiger partial charge on any atom is 0.328 e. The smallest absolute Gasteiger partial charge is 0.328 e. The molecule has 0 amide bonds. The van der Waals surface area contributed by atoms with Crippen LogP contribution in [0.4, 0.5) is 0 Å². The molecule has 136 valence electrons. The first-order valence-electron chi connectivity index (χ1n) is 7.72. The van der Waals surface area contributed by atoms with Crippen molar-refractivity contribution in [1.29, 1.82) is 0 Å². The molecule has 0 heterocycles. The summed E-state index contributed by atoms with van der Waals surface area (Å²) in [6, 6.07) is 2.59. The summed E-state index contributed by atoms with van der Waals surface area (Å²) < 4.78 is 30.7. The molecule has 0 aliphatic rings. The second kappa shape index (κ2) is 8.48. The minimum atomic E-state index is -1.46. The molecule has 24 heavy (non-hydrogen) atoms. The largest absolute Gasteiger partial charge is 0.497 e. The zero-order valence-corrected chi connectivity index (χ0v) is 16.2. The predicted octanol–water partition coefficient (Wildman–Crippen LogP) is 2.67. The third-order valence-electron chi connectivity index (χ3n) is 3.37. The van der Waals surface area contributed by atoms with Crippen LogP contribution in [0, 0.1) is 6.92 Å². The van der Waals surface area contributed by atoms with Crippen molar-refractivity contribution in [3.63, 3.8) is 0 Å². The number of aryl methyl sites for hydroxylation is 1. The van der Waals surface area contributed by atoms with Crippen LogP contribution in [0.2, 0.25) is 0 Å². The number of benzene rings is 1. The lowest BCUT2D eigenvalue weighted by Gasteiger charge is -2.25. The van der Waals surface area contributed by atoms with Crippen molar-refractivity contribution in [2.75, 3.05) is 20.8 Å². The van der Waals surface area contributed by atoms with Crippen LogP contribution < -0.4 is 14.2 Å². The summed E-state index contributed by atoms with van der Waals surface area (Å²) in [5.74, 6) is 0.595. The van der Waals surface area contributed by atoms with E-state index in [1.807, 2.05) is 27.7 Å². The monoisotopic (exact) mass is 357 g/mol. The van der Waals surface area contributed by atoms with E-state index in [-0.39, 0.29) is 6.61 Å². The highest BCUT2D eigenvalue weighted by Gasteiger charge is 2.32. The van der Waals surface area contributed by atoms with Crippen molar-refractivity contribution in [2.45, 2.75) is 45.4 Å². The van der Waals surface area contributed by atoms with Gasteiger partial charge in [-0.2, -0.15) is 0 Å². The molecule has 7 heteroatoms. The van der Waals surface area contributed by atoms with Gasteiger partial charge in [-0.15, -0.1) is 0 Å². The highest BCUT2D eigenvalue weighted by Crippen LogP contribution is 2.34. The number of rotatable bonds is 7. The van der Waals surface area contributed by atoms with Crippen molar-refractivity contribution in [3.8, 4) is 11.5 Å². The van der Waals surface area contributed by atoms with Crippen LogP contribution in [-0.4, -0.2) is 35.8 Å². The third-order valence-corrected chi connectivity index (χ3v) is 4.93. The summed E-state index contributed by atoms with van der Waals surface area (Å²) in [7, 11) is 1.62. The van der Waals surface area contributed by atoms with Gasteiger partial charge in [0.05, 0.1) is 36.6 Å². The van der Waals surface area contributed by atoms with Crippen LogP contribution in [0.25, 0.3) is 0 Å².